The molecule has 1 fully saturated rings. The molecule has 0 saturated heterocycles. The van der Waals surface area contributed by atoms with E-state index < -0.39 is 20.0 Å². The third kappa shape index (κ3) is 5.20. The average molecular weight is 367 g/mol. The van der Waals surface area contributed by atoms with Gasteiger partial charge in [0.25, 0.3) is 0 Å². The van der Waals surface area contributed by atoms with Crippen LogP contribution in [0.25, 0.3) is 0 Å². The molecule has 0 bridgehead atoms. The maximum atomic E-state index is 12.0. The number of rotatable bonds is 7. The molecule has 1 saturated carbocycles. The Labute approximate surface area is 136 Å². The maximum Gasteiger partial charge on any atom is 0.240 e. The molecule has 0 unspecified atom stereocenters. The van der Waals surface area contributed by atoms with E-state index in [0.717, 1.165) is 25.7 Å². The summed E-state index contributed by atoms with van der Waals surface area (Å²) in [5.41, 5.74) is 0. The zero-order valence-electron chi connectivity index (χ0n) is 12.0. The highest BCUT2D eigenvalue weighted by Crippen LogP contribution is 2.18. The van der Waals surface area contributed by atoms with Crippen LogP contribution in [0.15, 0.2) is 29.2 Å². The summed E-state index contributed by atoms with van der Waals surface area (Å²) in [6.45, 7) is -0.174. The van der Waals surface area contributed by atoms with Crippen molar-refractivity contribution in [3.63, 3.8) is 0 Å². The summed E-state index contributed by atoms with van der Waals surface area (Å²) in [4.78, 5) is 0.0538. The van der Waals surface area contributed by atoms with Gasteiger partial charge in [-0.15, -0.1) is 0 Å². The molecular formula is C13H19ClN2O4S2. The van der Waals surface area contributed by atoms with Crippen molar-refractivity contribution in [2.24, 2.45) is 0 Å². The molecule has 2 rings (SSSR count). The first-order valence-corrected chi connectivity index (χ1v) is 10.6. The lowest BCUT2D eigenvalue weighted by Gasteiger charge is -2.13. The fraction of sp³-hybridized carbons (Fsp3) is 0.538. The van der Waals surface area contributed by atoms with E-state index in [0.29, 0.717) is 5.02 Å². The molecule has 0 radical (unpaired) electrons. The van der Waals surface area contributed by atoms with Crippen molar-refractivity contribution < 1.29 is 16.8 Å². The van der Waals surface area contributed by atoms with Gasteiger partial charge in [-0.2, -0.15) is 0 Å². The SMILES string of the molecule is O=S(=O)(CCNS(=O)(=O)c1ccc(Cl)cc1)NC1CCCC1. The maximum absolute atomic E-state index is 12.0. The molecule has 22 heavy (non-hydrogen) atoms. The van der Waals surface area contributed by atoms with Crippen LogP contribution >= 0.6 is 11.6 Å². The first-order chi connectivity index (χ1) is 10.3. The molecule has 0 atom stereocenters. The monoisotopic (exact) mass is 366 g/mol. The van der Waals surface area contributed by atoms with Crippen LogP contribution in [-0.4, -0.2) is 35.2 Å². The van der Waals surface area contributed by atoms with Gasteiger partial charge in [-0.25, -0.2) is 26.3 Å². The summed E-state index contributed by atoms with van der Waals surface area (Å²) in [6, 6.07) is 5.66. The number of benzene rings is 1. The molecule has 1 aliphatic rings. The molecule has 0 heterocycles. The molecular weight excluding hydrogens is 348 g/mol. The summed E-state index contributed by atoms with van der Waals surface area (Å²) >= 11 is 5.70. The Hall–Kier alpha value is -0.670. The smallest absolute Gasteiger partial charge is 0.212 e. The van der Waals surface area contributed by atoms with Crippen molar-refractivity contribution in [3.8, 4) is 0 Å². The van der Waals surface area contributed by atoms with Crippen molar-refractivity contribution in [1.29, 1.82) is 0 Å². The fourth-order valence-electron chi connectivity index (χ4n) is 2.36. The second kappa shape index (κ2) is 7.27. The molecule has 0 spiro atoms. The standard InChI is InChI=1S/C13H19ClN2O4S2/c14-11-5-7-13(8-6-11)22(19,20)15-9-10-21(17,18)16-12-3-1-2-4-12/h5-8,12,15-16H,1-4,9-10H2. The summed E-state index contributed by atoms with van der Waals surface area (Å²) < 4.78 is 52.7. The number of halogens is 1. The van der Waals surface area contributed by atoms with E-state index in [4.69, 9.17) is 11.6 Å². The van der Waals surface area contributed by atoms with E-state index >= 15 is 0 Å². The topological polar surface area (TPSA) is 92.3 Å². The largest absolute Gasteiger partial charge is 0.240 e. The highest BCUT2D eigenvalue weighted by molar-refractivity contribution is 7.90. The van der Waals surface area contributed by atoms with Crippen LogP contribution in [0.1, 0.15) is 25.7 Å². The minimum absolute atomic E-state index is 0.0159. The van der Waals surface area contributed by atoms with Gasteiger partial charge >= 0.3 is 0 Å². The molecule has 1 aliphatic carbocycles. The lowest BCUT2D eigenvalue weighted by atomic mass is 10.3. The molecule has 0 aromatic heterocycles. The highest BCUT2D eigenvalue weighted by Gasteiger charge is 2.22. The molecule has 124 valence electrons. The van der Waals surface area contributed by atoms with E-state index in [1.807, 2.05) is 0 Å². The first-order valence-electron chi connectivity index (χ1n) is 7.04. The van der Waals surface area contributed by atoms with Crippen molar-refractivity contribution >= 4 is 31.6 Å². The zero-order chi connectivity index (χ0) is 16.2. The Balaban J connectivity index is 1.87. The Morgan fingerprint density at radius 1 is 1.05 bits per heavy atom. The molecule has 0 aliphatic heterocycles. The predicted molar refractivity (Wildman–Crippen MR) is 85.8 cm³/mol. The first kappa shape index (κ1) is 17.7. The van der Waals surface area contributed by atoms with Crippen molar-refractivity contribution in [3.05, 3.63) is 29.3 Å². The van der Waals surface area contributed by atoms with Crippen LogP contribution in [0, 0.1) is 0 Å². The summed E-state index contributed by atoms with van der Waals surface area (Å²) in [5, 5.41) is 0.433. The zero-order valence-corrected chi connectivity index (χ0v) is 14.3. The molecule has 0 amide bonds. The highest BCUT2D eigenvalue weighted by atomic mass is 35.5. The van der Waals surface area contributed by atoms with E-state index in [9.17, 15) is 16.8 Å². The van der Waals surface area contributed by atoms with Gasteiger partial charge in [0.15, 0.2) is 0 Å². The third-order valence-corrected chi connectivity index (χ3v) is 6.65. The quantitative estimate of drug-likeness (QED) is 0.764. The summed E-state index contributed by atoms with van der Waals surface area (Å²) in [6.07, 6.45) is 3.73. The Morgan fingerprint density at radius 2 is 1.64 bits per heavy atom. The number of sulfonamides is 2. The van der Waals surface area contributed by atoms with Crippen LogP contribution in [0.2, 0.25) is 5.02 Å². The normalized spacial score (nSPS) is 17.0. The molecule has 1 aromatic carbocycles. The van der Waals surface area contributed by atoms with Crippen molar-refractivity contribution in [2.75, 3.05) is 12.3 Å². The molecule has 6 nitrogen and oxygen atoms in total. The van der Waals surface area contributed by atoms with Gasteiger partial charge in [0.2, 0.25) is 20.0 Å². The molecule has 9 heteroatoms. The second-order valence-electron chi connectivity index (χ2n) is 5.27. The van der Waals surface area contributed by atoms with Gasteiger partial charge in [0, 0.05) is 17.6 Å². The van der Waals surface area contributed by atoms with Gasteiger partial charge in [-0.1, -0.05) is 24.4 Å². The van der Waals surface area contributed by atoms with Crippen molar-refractivity contribution in [1.82, 2.24) is 9.44 Å². The van der Waals surface area contributed by atoms with Gasteiger partial charge in [-0.3, -0.25) is 0 Å². The van der Waals surface area contributed by atoms with Gasteiger partial charge in [0.05, 0.1) is 10.6 Å². The Morgan fingerprint density at radius 3 is 2.23 bits per heavy atom. The van der Waals surface area contributed by atoms with E-state index in [1.54, 1.807) is 0 Å². The van der Waals surface area contributed by atoms with Crippen molar-refractivity contribution in [2.45, 2.75) is 36.6 Å². The number of hydrogen-bond donors (Lipinski definition) is 2. The third-order valence-electron chi connectivity index (χ3n) is 3.49. The van der Waals surface area contributed by atoms with Crippen LogP contribution in [-0.2, 0) is 20.0 Å². The van der Waals surface area contributed by atoms with E-state index in [-0.39, 0.29) is 23.2 Å². The summed E-state index contributed by atoms with van der Waals surface area (Å²) in [5.74, 6) is -0.281. The summed E-state index contributed by atoms with van der Waals surface area (Å²) in [7, 11) is -7.20. The minimum Gasteiger partial charge on any atom is -0.212 e. The van der Waals surface area contributed by atoms with Crippen LogP contribution in [0.3, 0.4) is 0 Å². The lowest BCUT2D eigenvalue weighted by Crippen LogP contribution is -2.38. The van der Waals surface area contributed by atoms with Crippen LogP contribution in [0.5, 0.6) is 0 Å². The minimum atomic E-state index is -3.73. The average Bonchev–Trinajstić information content (AvgIpc) is 2.90. The van der Waals surface area contributed by atoms with Gasteiger partial charge in [0.1, 0.15) is 0 Å². The Bertz CT molecular complexity index is 696. The second-order valence-corrected chi connectivity index (χ2v) is 9.35. The lowest BCUT2D eigenvalue weighted by molar-refractivity contribution is 0.550. The number of hydrogen-bond acceptors (Lipinski definition) is 4. The molecule has 1 aromatic rings. The van der Waals surface area contributed by atoms with Gasteiger partial charge in [-0.05, 0) is 37.1 Å². The van der Waals surface area contributed by atoms with Crippen LogP contribution < -0.4 is 9.44 Å². The number of nitrogens with one attached hydrogen (secondary N) is 2. The predicted octanol–water partition coefficient (Wildman–Crippen LogP) is 1.48. The van der Waals surface area contributed by atoms with E-state index in [1.165, 1.54) is 24.3 Å². The fourth-order valence-corrected chi connectivity index (χ4v) is 4.88. The van der Waals surface area contributed by atoms with Gasteiger partial charge < -0.3 is 0 Å². The van der Waals surface area contributed by atoms with Crippen LogP contribution in [0.4, 0.5) is 0 Å². The Kier molecular flexibility index (Phi) is 5.84. The van der Waals surface area contributed by atoms with E-state index in [2.05, 4.69) is 9.44 Å². The molecule has 2 N–H and O–H groups in total.